The van der Waals surface area contributed by atoms with E-state index in [1.807, 2.05) is 42.5 Å². The molecule has 0 aliphatic heterocycles. The SMILES string of the molecule is N#Cc1ccccc1CC(/C=C/c1ccccc1OCCCCCc1ccccc1)CCCCC(=O)O. The van der Waals surface area contributed by atoms with Crippen molar-refractivity contribution >= 4 is 12.0 Å². The third kappa shape index (κ3) is 10.4. The number of allylic oxidation sites excluding steroid dienone is 1. The molecular weight excluding hydrogens is 458 g/mol. The van der Waals surface area contributed by atoms with Gasteiger partial charge in [-0.15, -0.1) is 0 Å². The molecule has 1 atom stereocenters. The number of hydrogen-bond donors (Lipinski definition) is 1. The standard InChI is InChI=1S/C33H37NO3/c34-26-31-19-8-7-18-30(31)25-28(16-6-11-21-33(35)36)22-23-29-17-9-10-20-32(29)37-24-12-2-5-15-27-13-3-1-4-14-27/h1,3-4,7-10,13-14,17-20,22-23,28H,2,5-6,11-12,15-16,21,24-25H2,(H,35,36)/b23-22+. The lowest BCUT2D eigenvalue weighted by Crippen LogP contribution is -2.04. The zero-order chi connectivity index (χ0) is 26.1. The molecule has 4 nitrogen and oxygen atoms in total. The van der Waals surface area contributed by atoms with E-state index in [2.05, 4.69) is 54.6 Å². The summed E-state index contributed by atoms with van der Waals surface area (Å²) in [6.07, 6.45) is 12.0. The molecular formula is C33H37NO3. The zero-order valence-corrected chi connectivity index (χ0v) is 21.5. The van der Waals surface area contributed by atoms with Crippen LogP contribution >= 0.6 is 0 Å². The molecule has 0 saturated heterocycles. The Kier molecular flexibility index (Phi) is 12.0. The second-order valence-electron chi connectivity index (χ2n) is 9.41. The Balaban J connectivity index is 1.57. The maximum Gasteiger partial charge on any atom is 0.303 e. The first-order valence-electron chi connectivity index (χ1n) is 13.3. The summed E-state index contributed by atoms with van der Waals surface area (Å²) in [5.41, 5.74) is 4.14. The number of aliphatic carboxylic acids is 1. The summed E-state index contributed by atoms with van der Waals surface area (Å²) in [6, 6.07) is 28.7. The summed E-state index contributed by atoms with van der Waals surface area (Å²) >= 11 is 0. The Morgan fingerprint density at radius 2 is 1.65 bits per heavy atom. The molecule has 1 unspecified atom stereocenters. The molecule has 0 heterocycles. The number of carbonyl (C=O) groups is 1. The molecule has 3 aromatic rings. The molecule has 0 saturated carbocycles. The fourth-order valence-electron chi connectivity index (χ4n) is 4.46. The van der Waals surface area contributed by atoms with Gasteiger partial charge in [-0.2, -0.15) is 5.26 Å². The third-order valence-corrected chi connectivity index (χ3v) is 6.51. The number of nitrogens with zero attached hydrogens (tertiary/aromatic N) is 1. The molecule has 4 heteroatoms. The van der Waals surface area contributed by atoms with Gasteiger partial charge in [-0.3, -0.25) is 4.79 Å². The molecule has 0 aliphatic rings. The van der Waals surface area contributed by atoms with E-state index in [4.69, 9.17) is 9.84 Å². The highest BCUT2D eigenvalue weighted by Gasteiger charge is 2.11. The summed E-state index contributed by atoms with van der Waals surface area (Å²) in [5, 5.41) is 18.5. The van der Waals surface area contributed by atoms with Gasteiger partial charge in [0.1, 0.15) is 5.75 Å². The summed E-state index contributed by atoms with van der Waals surface area (Å²) < 4.78 is 6.14. The lowest BCUT2D eigenvalue weighted by Gasteiger charge is -2.15. The number of benzene rings is 3. The van der Waals surface area contributed by atoms with Crippen LogP contribution in [-0.2, 0) is 17.6 Å². The molecule has 0 aromatic heterocycles. The average Bonchev–Trinajstić information content (AvgIpc) is 2.92. The Labute approximate surface area is 221 Å². The van der Waals surface area contributed by atoms with E-state index in [0.29, 0.717) is 18.6 Å². The van der Waals surface area contributed by atoms with Crippen molar-refractivity contribution < 1.29 is 14.6 Å². The van der Waals surface area contributed by atoms with Crippen LogP contribution in [0.25, 0.3) is 6.08 Å². The van der Waals surface area contributed by atoms with Crippen LogP contribution in [0.4, 0.5) is 0 Å². The summed E-state index contributed by atoms with van der Waals surface area (Å²) in [4.78, 5) is 10.9. The van der Waals surface area contributed by atoms with Crippen molar-refractivity contribution in [3.8, 4) is 11.8 Å². The maximum absolute atomic E-state index is 10.9. The Bertz CT molecular complexity index is 1160. The Morgan fingerprint density at radius 1 is 0.892 bits per heavy atom. The highest BCUT2D eigenvalue weighted by molar-refractivity contribution is 5.66. The van der Waals surface area contributed by atoms with Crippen LogP contribution in [0.15, 0.2) is 84.9 Å². The average molecular weight is 496 g/mol. The minimum atomic E-state index is -0.756. The number of carboxylic acid groups (broad SMARTS) is 1. The van der Waals surface area contributed by atoms with Crippen molar-refractivity contribution in [3.63, 3.8) is 0 Å². The van der Waals surface area contributed by atoms with E-state index in [1.165, 1.54) is 5.56 Å². The van der Waals surface area contributed by atoms with E-state index < -0.39 is 5.97 Å². The van der Waals surface area contributed by atoms with Gasteiger partial charge in [-0.1, -0.05) is 85.3 Å². The van der Waals surface area contributed by atoms with Gasteiger partial charge in [0.15, 0.2) is 0 Å². The minimum absolute atomic E-state index is 0.188. The largest absolute Gasteiger partial charge is 0.493 e. The van der Waals surface area contributed by atoms with Gasteiger partial charge in [0.2, 0.25) is 0 Å². The van der Waals surface area contributed by atoms with Crippen LogP contribution < -0.4 is 4.74 Å². The summed E-state index contributed by atoms with van der Waals surface area (Å²) in [5.74, 6) is 0.325. The number of nitriles is 1. The fraction of sp³-hybridized carbons (Fsp3) is 0.333. The van der Waals surface area contributed by atoms with Crippen LogP contribution in [0.5, 0.6) is 5.75 Å². The number of ether oxygens (including phenoxy) is 1. The molecule has 0 spiro atoms. The van der Waals surface area contributed by atoms with E-state index >= 15 is 0 Å². The number of para-hydroxylation sites is 1. The maximum atomic E-state index is 10.9. The van der Waals surface area contributed by atoms with Crippen LogP contribution in [0, 0.1) is 17.2 Å². The van der Waals surface area contributed by atoms with Crippen molar-refractivity contribution in [1.29, 1.82) is 5.26 Å². The van der Waals surface area contributed by atoms with E-state index in [9.17, 15) is 10.1 Å². The van der Waals surface area contributed by atoms with Crippen molar-refractivity contribution in [1.82, 2.24) is 0 Å². The van der Waals surface area contributed by atoms with Gasteiger partial charge in [0.25, 0.3) is 0 Å². The van der Waals surface area contributed by atoms with Gasteiger partial charge >= 0.3 is 5.97 Å². The van der Waals surface area contributed by atoms with Gasteiger partial charge in [0.05, 0.1) is 18.2 Å². The lowest BCUT2D eigenvalue weighted by atomic mass is 9.91. The van der Waals surface area contributed by atoms with E-state index in [-0.39, 0.29) is 12.3 Å². The second kappa shape index (κ2) is 16.0. The first kappa shape index (κ1) is 27.7. The van der Waals surface area contributed by atoms with E-state index in [0.717, 1.165) is 61.8 Å². The minimum Gasteiger partial charge on any atom is -0.493 e. The molecule has 1 N–H and O–H groups in total. The van der Waals surface area contributed by atoms with Crippen LogP contribution in [0.3, 0.4) is 0 Å². The summed E-state index contributed by atoms with van der Waals surface area (Å²) in [6.45, 7) is 0.688. The van der Waals surface area contributed by atoms with Crippen molar-refractivity contribution in [2.24, 2.45) is 5.92 Å². The molecule has 0 aliphatic carbocycles. The predicted molar refractivity (Wildman–Crippen MR) is 149 cm³/mol. The Morgan fingerprint density at radius 3 is 2.46 bits per heavy atom. The van der Waals surface area contributed by atoms with Gasteiger partial charge in [-0.05, 0) is 74.1 Å². The normalized spacial score (nSPS) is 11.8. The molecule has 3 rings (SSSR count). The first-order chi connectivity index (χ1) is 18.2. The zero-order valence-electron chi connectivity index (χ0n) is 21.5. The van der Waals surface area contributed by atoms with Crippen molar-refractivity contribution in [2.75, 3.05) is 6.61 Å². The fourth-order valence-corrected chi connectivity index (χ4v) is 4.46. The summed E-state index contributed by atoms with van der Waals surface area (Å²) in [7, 11) is 0. The lowest BCUT2D eigenvalue weighted by molar-refractivity contribution is -0.137. The first-order valence-corrected chi connectivity index (χ1v) is 13.3. The van der Waals surface area contributed by atoms with Gasteiger partial charge in [-0.25, -0.2) is 0 Å². The Hall–Kier alpha value is -3.84. The van der Waals surface area contributed by atoms with Crippen molar-refractivity contribution in [2.45, 2.75) is 57.8 Å². The highest BCUT2D eigenvalue weighted by Crippen LogP contribution is 2.24. The number of hydrogen-bond acceptors (Lipinski definition) is 3. The molecule has 3 aromatic carbocycles. The van der Waals surface area contributed by atoms with Crippen LogP contribution in [-0.4, -0.2) is 17.7 Å². The monoisotopic (exact) mass is 495 g/mol. The molecule has 37 heavy (non-hydrogen) atoms. The highest BCUT2D eigenvalue weighted by atomic mass is 16.5. The third-order valence-electron chi connectivity index (χ3n) is 6.51. The molecule has 0 amide bonds. The van der Waals surface area contributed by atoms with Crippen molar-refractivity contribution in [3.05, 3.63) is 107 Å². The number of aryl methyl sites for hydroxylation is 1. The second-order valence-corrected chi connectivity index (χ2v) is 9.41. The topological polar surface area (TPSA) is 70.3 Å². The predicted octanol–water partition coefficient (Wildman–Crippen LogP) is 7.87. The number of carboxylic acids is 1. The quantitative estimate of drug-likeness (QED) is 0.205. The van der Waals surface area contributed by atoms with E-state index in [1.54, 1.807) is 0 Å². The number of rotatable bonds is 16. The van der Waals surface area contributed by atoms with Gasteiger partial charge < -0.3 is 9.84 Å². The smallest absolute Gasteiger partial charge is 0.303 e. The molecule has 0 radical (unpaired) electrons. The van der Waals surface area contributed by atoms with Gasteiger partial charge in [0, 0.05) is 12.0 Å². The molecule has 0 bridgehead atoms. The van der Waals surface area contributed by atoms with Crippen LogP contribution in [0.2, 0.25) is 0 Å². The van der Waals surface area contributed by atoms with Crippen LogP contribution in [0.1, 0.15) is 67.2 Å². The molecule has 0 fully saturated rings. The number of unbranched alkanes of at least 4 members (excludes halogenated alkanes) is 3. The molecule has 192 valence electrons.